The van der Waals surface area contributed by atoms with E-state index in [1.165, 1.54) is 11.5 Å². The maximum atomic E-state index is 5.92. The first-order valence-electron chi connectivity index (χ1n) is 4.30. The molecule has 14 heavy (non-hydrogen) atoms. The van der Waals surface area contributed by atoms with E-state index in [2.05, 4.69) is 20.3 Å². The number of nitrogens with two attached hydrogens (primary N) is 1. The highest BCUT2D eigenvalue weighted by Gasteiger charge is 2.31. The number of rotatable bonds is 2. The molecule has 0 aromatic carbocycles. The summed E-state index contributed by atoms with van der Waals surface area (Å²) in [5.41, 5.74) is 5.92. The number of halogens is 1. The molecule has 1 aromatic rings. The first-order valence-corrected chi connectivity index (χ1v) is 5.87. The van der Waals surface area contributed by atoms with Gasteiger partial charge in [0, 0.05) is 12.6 Å². The molecule has 2 heterocycles. The summed E-state index contributed by atoms with van der Waals surface area (Å²) in [4.78, 5) is 1.02. The molecule has 0 radical (unpaired) electrons. The molecule has 0 amide bonds. The molecule has 0 saturated carbocycles. The zero-order chi connectivity index (χ0) is 10.1. The lowest BCUT2D eigenvalue weighted by molar-refractivity contribution is 0.107. The van der Waals surface area contributed by atoms with Crippen LogP contribution in [0.1, 0.15) is 17.4 Å². The molecule has 2 unspecified atom stereocenters. The van der Waals surface area contributed by atoms with Crippen LogP contribution in [0, 0.1) is 0 Å². The predicted octanol–water partition coefficient (Wildman–Crippen LogP) is 1.70. The molecule has 1 saturated heterocycles. The summed E-state index contributed by atoms with van der Waals surface area (Å²) in [7, 11) is 1.60. The van der Waals surface area contributed by atoms with Crippen molar-refractivity contribution in [3.63, 3.8) is 0 Å². The van der Waals surface area contributed by atoms with Crippen molar-refractivity contribution in [3.8, 4) is 5.88 Å². The van der Waals surface area contributed by atoms with Crippen LogP contribution in [0.3, 0.4) is 0 Å². The van der Waals surface area contributed by atoms with Gasteiger partial charge in [0.15, 0.2) is 0 Å². The van der Waals surface area contributed by atoms with Crippen LogP contribution in [-0.2, 0) is 4.74 Å². The molecule has 78 valence electrons. The second-order valence-electron chi connectivity index (χ2n) is 3.11. The van der Waals surface area contributed by atoms with Gasteiger partial charge in [-0.05, 0) is 33.9 Å². The van der Waals surface area contributed by atoms with Gasteiger partial charge in [0.2, 0.25) is 5.88 Å². The third-order valence-corrected chi connectivity index (χ3v) is 4.14. The van der Waals surface area contributed by atoms with Crippen LogP contribution in [0.15, 0.2) is 4.47 Å². The van der Waals surface area contributed by atoms with Gasteiger partial charge in [0.1, 0.15) is 6.10 Å². The lowest BCUT2D eigenvalue weighted by atomic mass is 10.1. The molecular weight excluding hydrogens is 268 g/mol. The minimum absolute atomic E-state index is 0.0363. The molecule has 6 heteroatoms. The largest absolute Gasteiger partial charge is 0.480 e. The summed E-state index contributed by atoms with van der Waals surface area (Å²) in [5, 5.41) is 0. The number of hydrogen-bond donors (Lipinski definition) is 1. The van der Waals surface area contributed by atoms with Crippen molar-refractivity contribution in [1.82, 2.24) is 4.37 Å². The lowest BCUT2D eigenvalue weighted by Crippen LogP contribution is -2.22. The Morgan fingerprint density at radius 3 is 3.00 bits per heavy atom. The topological polar surface area (TPSA) is 57.4 Å². The average Bonchev–Trinajstić information content (AvgIpc) is 2.72. The van der Waals surface area contributed by atoms with E-state index in [1.807, 2.05) is 0 Å². The number of ether oxygens (including phenoxy) is 2. The van der Waals surface area contributed by atoms with E-state index < -0.39 is 0 Å². The van der Waals surface area contributed by atoms with Gasteiger partial charge in [-0.15, -0.1) is 0 Å². The Morgan fingerprint density at radius 2 is 2.50 bits per heavy atom. The molecule has 0 bridgehead atoms. The Labute approximate surface area is 94.7 Å². The van der Waals surface area contributed by atoms with Crippen LogP contribution in [0.4, 0.5) is 0 Å². The SMILES string of the molecule is COc1nsc(C2OCCC2N)c1Br. The second kappa shape index (κ2) is 4.14. The number of hydrogen-bond acceptors (Lipinski definition) is 5. The highest BCUT2D eigenvalue weighted by molar-refractivity contribution is 9.10. The van der Waals surface area contributed by atoms with Crippen LogP contribution >= 0.6 is 27.5 Å². The van der Waals surface area contributed by atoms with E-state index in [-0.39, 0.29) is 12.1 Å². The Bertz CT molecular complexity index is 331. The minimum atomic E-state index is -0.0363. The van der Waals surface area contributed by atoms with Crippen LogP contribution in [0.25, 0.3) is 0 Å². The van der Waals surface area contributed by atoms with Crippen LogP contribution < -0.4 is 10.5 Å². The average molecular weight is 279 g/mol. The Kier molecular flexibility index (Phi) is 3.06. The van der Waals surface area contributed by atoms with Gasteiger partial charge >= 0.3 is 0 Å². The molecule has 1 aliphatic heterocycles. The van der Waals surface area contributed by atoms with Gasteiger partial charge in [0.05, 0.1) is 16.5 Å². The first kappa shape index (κ1) is 10.4. The van der Waals surface area contributed by atoms with E-state index in [0.717, 1.165) is 22.4 Å². The van der Waals surface area contributed by atoms with Gasteiger partial charge in [-0.25, -0.2) is 0 Å². The Balaban J connectivity index is 2.27. The molecule has 1 aliphatic rings. The van der Waals surface area contributed by atoms with Crippen molar-refractivity contribution in [1.29, 1.82) is 0 Å². The van der Waals surface area contributed by atoms with Crippen LogP contribution in [-0.4, -0.2) is 24.1 Å². The highest BCUT2D eigenvalue weighted by atomic mass is 79.9. The summed E-state index contributed by atoms with van der Waals surface area (Å²) >= 11 is 4.81. The molecule has 2 N–H and O–H groups in total. The maximum absolute atomic E-state index is 5.92. The monoisotopic (exact) mass is 278 g/mol. The predicted molar refractivity (Wildman–Crippen MR) is 57.7 cm³/mol. The third kappa shape index (κ3) is 1.67. The van der Waals surface area contributed by atoms with Gasteiger partial charge in [0.25, 0.3) is 0 Å². The van der Waals surface area contributed by atoms with E-state index in [4.69, 9.17) is 15.2 Å². The van der Waals surface area contributed by atoms with Crippen molar-refractivity contribution in [2.75, 3.05) is 13.7 Å². The maximum Gasteiger partial charge on any atom is 0.239 e. The summed E-state index contributed by atoms with van der Waals surface area (Å²) in [6.07, 6.45) is 0.864. The number of aromatic nitrogens is 1. The summed E-state index contributed by atoms with van der Waals surface area (Å²) in [6, 6.07) is 0.0662. The zero-order valence-corrected chi connectivity index (χ0v) is 10.1. The number of methoxy groups -OCH3 is 1. The fraction of sp³-hybridized carbons (Fsp3) is 0.625. The van der Waals surface area contributed by atoms with E-state index >= 15 is 0 Å². The molecule has 4 nitrogen and oxygen atoms in total. The quantitative estimate of drug-likeness (QED) is 0.895. The van der Waals surface area contributed by atoms with E-state index in [1.54, 1.807) is 7.11 Å². The summed E-state index contributed by atoms with van der Waals surface area (Å²) < 4.78 is 15.6. The fourth-order valence-corrected chi connectivity index (χ4v) is 3.13. The molecular formula is C8H11BrN2O2S. The van der Waals surface area contributed by atoms with Gasteiger partial charge in [-0.2, -0.15) is 4.37 Å². The molecule has 1 fully saturated rings. The van der Waals surface area contributed by atoms with Crippen molar-refractivity contribution >= 4 is 27.5 Å². The van der Waals surface area contributed by atoms with Gasteiger partial charge < -0.3 is 15.2 Å². The van der Waals surface area contributed by atoms with Gasteiger partial charge in [-0.3, -0.25) is 0 Å². The van der Waals surface area contributed by atoms with E-state index in [0.29, 0.717) is 5.88 Å². The van der Waals surface area contributed by atoms with Crippen LogP contribution in [0.5, 0.6) is 5.88 Å². The number of nitrogens with zero attached hydrogens (tertiary/aromatic N) is 1. The second-order valence-corrected chi connectivity index (χ2v) is 4.71. The van der Waals surface area contributed by atoms with Gasteiger partial charge in [-0.1, -0.05) is 0 Å². The molecule has 0 spiro atoms. The van der Waals surface area contributed by atoms with Crippen molar-refractivity contribution < 1.29 is 9.47 Å². The van der Waals surface area contributed by atoms with E-state index in [9.17, 15) is 0 Å². The van der Waals surface area contributed by atoms with Crippen molar-refractivity contribution in [3.05, 3.63) is 9.35 Å². The highest BCUT2D eigenvalue weighted by Crippen LogP contribution is 2.40. The standard InChI is InChI=1S/C8H11BrN2O2S/c1-12-8-5(9)7(14-11-8)6-4(10)2-3-13-6/h4,6H,2-3,10H2,1H3. The minimum Gasteiger partial charge on any atom is -0.480 e. The normalized spacial score (nSPS) is 26.8. The zero-order valence-electron chi connectivity index (χ0n) is 7.70. The first-order chi connectivity index (χ1) is 6.74. The fourth-order valence-electron chi connectivity index (χ4n) is 1.46. The molecule has 0 aliphatic carbocycles. The molecule has 1 aromatic heterocycles. The smallest absolute Gasteiger partial charge is 0.239 e. The van der Waals surface area contributed by atoms with Crippen LogP contribution in [0.2, 0.25) is 0 Å². The Morgan fingerprint density at radius 1 is 1.71 bits per heavy atom. The lowest BCUT2D eigenvalue weighted by Gasteiger charge is -2.12. The summed E-state index contributed by atoms with van der Waals surface area (Å²) in [6.45, 7) is 0.721. The van der Waals surface area contributed by atoms with Crippen molar-refractivity contribution in [2.24, 2.45) is 5.73 Å². The molecule has 2 atom stereocenters. The third-order valence-electron chi connectivity index (χ3n) is 2.22. The molecule has 2 rings (SSSR count). The van der Waals surface area contributed by atoms with Crippen molar-refractivity contribution in [2.45, 2.75) is 18.6 Å². The summed E-state index contributed by atoms with van der Waals surface area (Å²) in [5.74, 6) is 0.604. The Hall–Kier alpha value is -0.170.